The molecule has 0 radical (unpaired) electrons. The molecule has 0 aliphatic carbocycles. The fourth-order valence-electron chi connectivity index (χ4n) is 9.20. The van der Waals surface area contributed by atoms with E-state index in [9.17, 15) is 63.6 Å². The van der Waals surface area contributed by atoms with Gasteiger partial charge >= 0.3 is 23.9 Å². The van der Waals surface area contributed by atoms with Gasteiger partial charge in [0.15, 0.2) is 12.6 Å². The second kappa shape index (κ2) is 39.3. The minimum atomic E-state index is -1.38. The van der Waals surface area contributed by atoms with Gasteiger partial charge < -0.3 is 96.3 Å². The van der Waals surface area contributed by atoms with Crippen LogP contribution in [0.3, 0.4) is 0 Å². The molecule has 0 saturated carbocycles. The first kappa shape index (κ1) is 70.1. The van der Waals surface area contributed by atoms with Gasteiger partial charge in [-0.3, -0.25) is 43.2 Å². The number of carbonyl (C=O) groups is 9. The smallest absolute Gasteiger partial charge is 0.306 e. The number of aliphatic carboxylic acids is 1. The number of esters is 3. The summed E-state index contributed by atoms with van der Waals surface area (Å²) in [6, 6.07) is -3.23. The Labute approximate surface area is 473 Å². The first-order valence-electron chi connectivity index (χ1n) is 28.5. The number of nitrogens with two attached hydrogens (primary N) is 2. The summed E-state index contributed by atoms with van der Waals surface area (Å²) in [5.74, 6) is -4.09. The van der Waals surface area contributed by atoms with Crippen LogP contribution in [0.4, 0.5) is 0 Å². The van der Waals surface area contributed by atoms with Crippen LogP contribution in [0.2, 0.25) is 0 Å². The van der Waals surface area contributed by atoms with Gasteiger partial charge in [-0.1, -0.05) is 12.8 Å². The Morgan fingerprint density at radius 2 is 1.17 bits per heavy atom. The molecule has 3 aliphatic rings. The first-order valence-corrected chi connectivity index (χ1v) is 28.5. The van der Waals surface area contributed by atoms with Crippen LogP contribution in [0.1, 0.15) is 149 Å². The average molecular weight is 1160 g/mol. The van der Waals surface area contributed by atoms with Crippen LogP contribution in [-0.2, 0) is 76.3 Å². The van der Waals surface area contributed by atoms with Gasteiger partial charge in [-0.05, 0) is 70.6 Å². The zero-order valence-electron chi connectivity index (χ0n) is 47.0. The van der Waals surface area contributed by atoms with E-state index in [0.29, 0.717) is 96.7 Å². The van der Waals surface area contributed by atoms with Crippen molar-refractivity contribution in [1.29, 1.82) is 0 Å². The number of carboxylic acid groups (broad SMARTS) is 1. The number of likely N-dealkylation sites (tertiary alicyclic amines) is 1. The molecular weight excluding hydrogens is 1070 g/mol. The van der Waals surface area contributed by atoms with Crippen molar-refractivity contribution in [2.45, 2.75) is 222 Å². The number of aliphatic hydroxyl groups is 4. The van der Waals surface area contributed by atoms with Crippen LogP contribution in [-0.4, -0.2) is 216 Å². The van der Waals surface area contributed by atoms with Crippen LogP contribution in [0.15, 0.2) is 0 Å². The molecule has 12 atom stereocenters. The highest BCUT2D eigenvalue weighted by Crippen LogP contribution is 2.25. The highest BCUT2D eigenvalue weighted by atomic mass is 16.7. The maximum absolute atomic E-state index is 13.4. The molecule has 3 fully saturated rings. The van der Waals surface area contributed by atoms with E-state index in [1.807, 2.05) is 0 Å². The highest BCUT2D eigenvalue weighted by Gasteiger charge is 2.44. The van der Waals surface area contributed by atoms with Crippen molar-refractivity contribution < 1.29 is 102 Å². The normalized spacial score (nSPS) is 24.8. The molecule has 0 aromatic carbocycles. The molecule has 13 N–H and O–H groups in total. The van der Waals surface area contributed by atoms with E-state index >= 15 is 0 Å². The van der Waals surface area contributed by atoms with E-state index < -0.39 is 97.2 Å². The molecule has 0 aromatic rings. The summed E-state index contributed by atoms with van der Waals surface area (Å²) >= 11 is 0. The summed E-state index contributed by atoms with van der Waals surface area (Å²) in [7, 11) is 0. The number of nitrogens with zero attached hydrogens (tertiary/aromatic N) is 1. The van der Waals surface area contributed by atoms with E-state index in [1.54, 1.807) is 0 Å². The third-order valence-corrected chi connectivity index (χ3v) is 13.8. The minimum absolute atomic E-state index is 0.0568. The lowest BCUT2D eigenvalue weighted by Gasteiger charge is -2.40. The number of rotatable bonds is 40. The molecule has 3 rings (SSSR count). The second-order valence-electron chi connectivity index (χ2n) is 20.7. The van der Waals surface area contributed by atoms with E-state index in [0.717, 1.165) is 0 Å². The quantitative estimate of drug-likeness (QED) is 0.0190. The van der Waals surface area contributed by atoms with Crippen LogP contribution in [0.5, 0.6) is 0 Å². The topological polar surface area (TPSA) is 423 Å². The molecule has 5 amide bonds. The van der Waals surface area contributed by atoms with Gasteiger partial charge in [0.1, 0.15) is 43.7 Å². The van der Waals surface area contributed by atoms with E-state index in [1.165, 1.54) is 18.7 Å². The zero-order chi connectivity index (χ0) is 59.7. The summed E-state index contributed by atoms with van der Waals surface area (Å²) in [6.45, 7) is 3.32. The third kappa shape index (κ3) is 28.6. The second-order valence-corrected chi connectivity index (χ2v) is 20.7. The predicted molar refractivity (Wildman–Crippen MR) is 284 cm³/mol. The van der Waals surface area contributed by atoms with Crippen molar-refractivity contribution in [3.05, 3.63) is 0 Å². The highest BCUT2D eigenvalue weighted by molar-refractivity contribution is 5.87. The van der Waals surface area contributed by atoms with Crippen LogP contribution >= 0.6 is 0 Å². The van der Waals surface area contributed by atoms with Crippen LogP contribution in [0.25, 0.3) is 0 Å². The first-order chi connectivity index (χ1) is 38.7. The fourth-order valence-corrected chi connectivity index (χ4v) is 9.20. The summed E-state index contributed by atoms with van der Waals surface area (Å²) in [6.07, 6.45) is -0.612. The van der Waals surface area contributed by atoms with Crippen molar-refractivity contribution in [2.75, 3.05) is 59.2 Å². The predicted octanol–water partition coefficient (Wildman–Crippen LogP) is -1.44. The maximum Gasteiger partial charge on any atom is 0.306 e. The molecule has 28 nitrogen and oxygen atoms in total. The van der Waals surface area contributed by atoms with Crippen molar-refractivity contribution in [3.8, 4) is 0 Å². The summed E-state index contributed by atoms with van der Waals surface area (Å²) in [5.41, 5.74) is 12.0. The molecule has 464 valence electrons. The van der Waals surface area contributed by atoms with Gasteiger partial charge in [-0.15, -0.1) is 0 Å². The number of unbranched alkanes of at least 4 members (excludes halogenated alkanes) is 7. The Kier molecular flexibility index (Phi) is 34.0. The van der Waals surface area contributed by atoms with Crippen molar-refractivity contribution in [3.63, 3.8) is 0 Å². The Morgan fingerprint density at radius 3 is 1.78 bits per heavy atom. The molecule has 81 heavy (non-hydrogen) atoms. The molecule has 0 bridgehead atoms. The number of amides is 5. The largest absolute Gasteiger partial charge is 0.481 e. The molecule has 3 saturated heterocycles. The van der Waals surface area contributed by atoms with Crippen LogP contribution < -0.4 is 32.7 Å². The lowest BCUT2D eigenvalue weighted by molar-refractivity contribution is -0.267. The van der Waals surface area contributed by atoms with Gasteiger partial charge in [0.25, 0.3) is 0 Å². The van der Waals surface area contributed by atoms with Gasteiger partial charge in [0, 0.05) is 85.2 Å². The van der Waals surface area contributed by atoms with Gasteiger partial charge in [-0.25, -0.2) is 0 Å². The molecular formula is C53H91N7O21. The van der Waals surface area contributed by atoms with E-state index in [-0.39, 0.29) is 127 Å². The molecule has 3 aliphatic heterocycles. The lowest BCUT2D eigenvalue weighted by atomic mass is 9.98. The summed E-state index contributed by atoms with van der Waals surface area (Å²) in [5, 5.41) is 60.9. The number of aliphatic hydroxyl groups excluding tert-OH is 4. The number of carboxylic acids is 1. The SMILES string of the molecule is CC(=O)OCC1CC(O)C(N)C(OCCCCC(=O)N[C@@H](CCCCNC(=O)CCCCOC2OC(COC(C)=O)C(O)C(O)C2N)C(=O)NCCCCCC(=O)NCCCCCC(=O)N2C[C@H](OC(=O)CCC(=O)O)C[C@H]2CO)O1. The Bertz CT molecular complexity index is 1960. The molecule has 9 unspecified atom stereocenters. The number of hydrogen-bond donors (Lipinski definition) is 11. The Balaban J connectivity index is 1.35. The monoisotopic (exact) mass is 1160 g/mol. The number of hydrogen-bond acceptors (Lipinski definition) is 22. The van der Waals surface area contributed by atoms with E-state index in [4.69, 9.17) is 49.7 Å². The van der Waals surface area contributed by atoms with Crippen LogP contribution in [0, 0.1) is 0 Å². The number of ether oxygens (including phenoxy) is 7. The number of nitrogens with one attached hydrogen (secondary N) is 4. The van der Waals surface area contributed by atoms with Gasteiger partial charge in [0.05, 0.1) is 56.3 Å². The summed E-state index contributed by atoms with van der Waals surface area (Å²) in [4.78, 5) is 111. The third-order valence-electron chi connectivity index (χ3n) is 13.8. The fraction of sp³-hybridized carbons (Fsp3) is 0.830. The van der Waals surface area contributed by atoms with Gasteiger partial charge in [0.2, 0.25) is 29.5 Å². The molecule has 0 aromatic heterocycles. The van der Waals surface area contributed by atoms with Crippen molar-refractivity contribution in [2.24, 2.45) is 11.5 Å². The zero-order valence-corrected chi connectivity index (χ0v) is 47.0. The Hall–Kier alpha value is -5.17. The standard InChI is InChI=1S/C53H91N7O21/c1-33(62)77-31-37-28-39(64)47(54)52(80-37)75-25-14-9-18-43(67)59-38(15-7-12-23-57-42(66)17-8-13-26-76-53-48(55)50(73)49(72)40(81-53)32-78-34(2)63)51(74)58-24-11-3-5-16-41(65)56-22-10-4-6-19-44(68)60-29-36(27-35(60)30-61)79-46(71)21-20-45(69)70/h35-40,47-50,52-53,61,64,72-73H,3-32,54-55H2,1-2H3,(H,56,65)(H,57,66)(H,58,74)(H,59,67)(H,69,70)/t35-,36+,37?,38-,39?,40?,47?,48?,49?,50?,52?,53?/m0/s1. The molecule has 28 heteroatoms. The van der Waals surface area contributed by atoms with E-state index in [2.05, 4.69) is 21.3 Å². The maximum atomic E-state index is 13.4. The Morgan fingerprint density at radius 1 is 0.617 bits per heavy atom. The molecule has 3 heterocycles. The average Bonchev–Trinajstić information content (AvgIpc) is 3.90. The van der Waals surface area contributed by atoms with Crippen molar-refractivity contribution >= 4 is 53.4 Å². The van der Waals surface area contributed by atoms with Gasteiger partial charge in [-0.2, -0.15) is 0 Å². The van der Waals surface area contributed by atoms with Crippen molar-refractivity contribution in [1.82, 2.24) is 26.2 Å². The molecule has 0 spiro atoms. The lowest BCUT2D eigenvalue weighted by Crippen LogP contribution is -2.62. The summed E-state index contributed by atoms with van der Waals surface area (Å²) < 4.78 is 38.0. The number of carbonyl (C=O) groups excluding carboxylic acids is 8. The minimum Gasteiger partial charge on any atom is -0.481 e.